The largest absolute Gasteiger partial charge is 0.394 e. The van der Waals surface area contributed by atoms with Crippen molar-refractivity contribution in [2.45, 2.75) is 12.6 Å². The van der Waals surface area contributed by atoms with Crippen molar-refractivity contribution in [1.29, 1.82) is 0 Å². The van der Waals surface area contributed by atoms with E-state index in [1.165, 1.54) is 0 Å². The normalized spacial score (nSPS) is 13.0. The number of carbonyl (C=O) groups is 1. The Morgan fingerprint density at radius 1 is 1.33 bits per heavy atom. The number of aliphatic hydroxyl groups is 1. The van der Waals surface area contributed by atoms with Crippen molar-refractivity contribution in [3.05, 3.63) is 35.9 Å². The summed E-state index contributed by atoms with van der Waals surface area (Å²) in [4.78, 5) is 11.6. The number of aliphatic hydroxyl groups excluding tert-OH is 1. The molecule has 0 aromatic heterocycles. The van der Waals surface area contributed by atoms with Crippen LogP contribution in [0.5, 0.6) is 0 Å². The van der Waals surface area contributed by atoms with E-state index in [0.717, 1.165) is 11.8 Å². The maximum atomic E-state index is 11.6. The van der Waals surface area contributed by atoms with E-state index >= 15 is 0 Å². The molecule has 0 unspecified atom stereocenters. The molecule has 1 aromatic rings. The lowest BCUT2D eigenvalue weighted by molar-refractivity contribution is -0.123. The molecule has 1 amide bonds. The SMILES string of the molecule is CS(=O)(=O)N[C@H](CO)C(=O)NCc1ccccc1. The van der Waals surface area contributed by atoms with Crippen LogP contribution in [-0.2, 0) is 21.4 Å². The summed E-state index contributed by atoms with van der Waals surface area (Å²) in [6.45, 7) is -0.310. The van der Waals surface area contributed by atoms with Crippen molar-refractivity contribution >= 4 is 15.9 Å². The van der Waals surface area contributed by atoms with Gasteiger partial charge in [-0.1, -0.05) is 30.3 Å². The molecule has 0 spiro atoms. The van der Waals surface area contributed by atoms with Crippen LogP contribution in [-0.4, -0.2) is 38.3 Å². The Balaban J connectivity index is 2.53. The lowest BCUT2D eigenvalue weighted by Gasteiger charge is -2.14. The van der Waals surface area contributed by atoms with E-state index in [9.17, 15) is 13.2 Å². The molecule has 0 heterocycles. The zero-order valence-corrected chi connectivity index (χ0v) is 10.8. The summed E-state index contributed by atoms with van der Waals surface area (Å²) < 4.78 is 24.0. The fourth-order valence-corrected chi connectivity index (χ4v) is 2.04. The molecule has 1 atom stereocenters. The molecule has 0 aliphatic heterocycles. The second-order valence-electron chi connectivity index (χ2n) is 3.83. The van der Waals surface area contributed by atoms with Crippen LogP contribution in [0, 0.1) is 0 Å². The number of hydrogen-bond donors (Lipinski definition) is 3. The Hall–Kier alpha value is -1.44. The lowest BCUT2D eigenvalue weighted by atomic mass is 10.2. The van der Waals surface area contributed by atoms with Crippen molar-refractivity contribution in [1.82, 2.24) is 10.0 Å². The predicted molar refractivity (Wildman–Crippen MR) is 67.1 cm³/mol. The third kappa shape index (κ3) is 5.26. The summed E-state index contributed by atoms with van der Waals surface area (Å²) in [6.07, 6.45) is 0.931. The Morgan fingerprint density at radius 3 is 2.44 bits per heavy atom. The molecule has 18 heavy (non-hydrogen) atoms. The summed E-state index contributed by atoms with van der Waals surface area (Å²) in [6, 6.07) is 8.02. The minimum absolute atomic E-state index is 0.279. The van der Waals surface area contributed by atoms with Crippen LogP contribution in [0.25, 0.3) is 0 Å². The van der Waals surface area contributed by atoms with Gasteiger partial charge in [-0.3, -0.25) is 4.79 Å². The van der Waals surface area contributed by atoms with E-state index in [2.05, 4.69) is 10.0 Å². The topological polar surface area (TPSA) is 95.5 Å². The first kappa shape index (κ1) is 14.6. The van der Waals surface area contributed by atoms with Gasteiger partial charge in [-0.2, -0.15) is 0 Å². The molecule has 3 N–H and O–H groups in total. The molecule has 6 nitrogen and oxygen atoms in total. The van der Waals surface area contributed by atoms with Gasteiger partial charge in [-0.05, 0) is 5.56 Å². The molecule has 100 valence electrons. The monoisotopic (exact) mass is 272 g/mol. The zero-order valence-electron chi connectivity index (χ0n) is 9.96. The highest BCUT2D eigenvalue weighted by molar-refractivity contribution is 7.88. The number of benzene rings is 1. The fraction of sp³-hybridized carbons (Fsp3) is 0.364. The van der Waals surface area contributed by atoms with Gasteiger partial charge in [-0.25, -0.2) is 13.1 Å². The summed E-state index contributed by atoms with van der Waals surface area (Å²) in [5, 5.41) is 11.5. The van der Waals surface area contributed by atoms with Gasteiger partial charge >= 0.3 is 0 Å². The molecule has 1 aromatic carbocycles. The quantitative estimate of drug-likeness (QED) is 0.632. The van der Waals surface area contributed by atoms with Crippen molar-refractivity contribution in [3.8, 4) is 0 Å². The van der Waals surface area contributed by atoms with Crippen LogP contribution in [0.3, 0.4) is 0 Å². The van der Waals surface area contributed by atoms with Gasteiger partial charge in [0.1, 0.15) is 6.04 Å². The number of rotatable bonds is 6. The average molecular weight is 272 g/mol. The maximum absolute atomic E-state index is 11.6. The van der Waals surface area contributed by atoms with Crippen molar-refractivity contribution in [2.75, 3.05) is 12.9 Å². The lowest BCUT2D eigenvalue weighted by Crippen LogP contribution is -2.48. The molecular weight excluding hydrogens is 256 g/mol. The number of hydrogen-bond acceptors (Lipinski definition) is 4. The highest BCUT2D eigenvalue weighted by Crippen LogP contribution is 1.97. The van der Waals surface area contributed by atoms with E-state index in [0.29, 0.717) is 0 Å². The van der Waals surface area contributed by atoms with Gasteiger partial charge in [0.05, 0.1) is 12.9 Å². The molecule has 0 radical (unpaired) electrons. The minimum Gasteiger partial charge on any atom is -0.394 e. The van der Waals surface area contributed by atoms with Gasteiger partial charge in [0, 0.05) is 6.54 Å². The molecule has 0 saturated heterocycles. The highest BCUT2D eigenvalue weighted by atomic mass is 32.2. The van der Waals surface area contributed by atoms with Crippen LogP contribution in [0.15, 0.2) is 30.3 Å². The van der Waals surface area contributed by atoms with E-state index in [4.69, 9.17) is 5.11 Å². The van der Waals surface area contributed by atoms with E-state index in [-0.39, 0.29) is 6.54 Å². The van der Waals surface area contributed by atoms with Crippen molar-refractivity contribution in [3.63, 3.8) is 0 Å². The predicted octanol–water partition coefficient (Wildman–Crippen LogP) is -0.787. The van der Waals surface area contributed by atoms with Gasteiger partial charge in [-0.15, -0.1) is 0 Å². The third-order valence-corrected chi connectivity index (χ3v) is 2.88. The molecule has 0 aliphatic rings. The van der Waals surface area contributed by atoms with Crippen LogP contribution in [0.1, 0.15) is 5.56 Å². The molecule has 1 rings (SSSR count). The fourth-order valence-electron chi connectivity index (χ4n) is 1.34. The van der Waals surface area contributed by atoms with Gasteiger partial charge < -0.3 is 10.4 Å². The van der Waals surface area contributed by atoms with Crippen LogP contribution in [0.4, 0.5) is 0 Å². The first-order chi connectivity index (χ1) is 8.42. The van der Waals surface area contributed by atoms with Crippen LogP contribution < -0.4 is 10.0 Å². The summed E-state index contributed by atoms with van der Waals surface area (Å²) in [5.41, 5.74) is 0.891. The molecule has 0 fully saturated rings. The smallest absolute Gasteiger partial charge is 0.240 e. The minimum atomic E-state index is -3.53. The molecule has 7 heteroatoms. The molecule has 0 aliphatic carbocycles. The Kier molecular flexibility index (Phi) is 5.26. The summed E-state index contributed by atoms with van der Waals surface area (Å²) >= 11 is 0. The standard InChI is InChI=1S/C11H16N2O4S/c1-18(16,17)13-10(8-14)11(15)12-7-9-5-3-2-4-6-9/h2-6,10,13-14H,7-8H2,1H3,(H,12,15)/t10-/m1/s1. The number of carbonyl (C=O) groups excluding carboxylic acids is 1. The Bertz CT molecular complexity index is 487. The first-order valence-electron chi connectivity index (χ1n) is 5.32. The molecular formula is C11H16N2O4S. The number of sulfonamides is 1. The second-order valence-corrected chi connectivity index (χ2v) is 5.61. The Labute approximate surface area is 106 Å². The second kappa shape index (κ2) is 6.48. The Morgan fingerprint density at radius 2 is 1.94 bits per heavy atom. The van der Waals surface area contributed by atoms with E-state index in [1.807, 2.05) is 30.3 Å². The third-order valence-electron chi connectivity index (χ3n) is 2.16. The van der Waals surface area contributed by atoms with Crippen LogP contribution >= 0.6 is 0 Å². The van der Waals surface area contributed by atoms with Crippen molar-refractivity contribution < 1.29 is 18.3 Å². The number of nitrogens with one attached hydrogen (secondary N) is 2. The van der Waals surface area contributed by atoms with E-state index in [1.54, 1.807) is 0 Å². The zero-order chi connectivity index (χ0) is 13.6. The van der Waals surface area contributed by atoms with Gasteiger partial charge in [0.25, 0.3) is 0 Å². The van der Waals surface area contributed by atoms with E-state index < -0.39 is 28.6 Å². The number of amides is 1. The molecule has 0 bridgehead atoms. The van der Waals surface area contributed by atoms with Crippen LogP contribution in [0.2, 0.25) is 0 Å². The molecule has 0 saturated carbocycles. The van der Waals surface area contributed by atoms with Gasteiger partial charge in [0.2, 0.25) is 15.9 Å². The summed E-state index contributed by atoms with van der Waals surface area (Å²) in [7, 11) is -3.53. The van der Waals surface area contributed by atoms with Gasteiger partial charge in [0.15, 0.2) is 0 Å². The average Bonchev–Trinajstić information content (AvgIpc) is 2.33. The first-order valence-corrected chi connectivity index (χ1v) is 7.21. The summed E-state index contributed by atoms with van der Waals surface area (Å²) in [5.74, 6) is -0.563. The van der Waals surface area contributed by atoms with Crippen molar-refractivity contribution in [2.24, 2.45) is 0 Å². The maximum Gasteiger partial charge on any atom is 0.240 e. The highest BCUT2D eigenvalue weighted by Gasteiger charge is 2.20.